The molecule has 0 bridgehead atoms. The summed E-state index contributed by atoms with van der Waals surface area (Å²) in [6.45, 7) is 9.72. The van der Waals surface area contributed by atoms with E-state index in [2.05, 4.69) is 54.0 Å². The molecule has 0 spiro atoms. The molecule has 0 saturated carbocycles. The maximum atomic E-state index is 4.56. The van der Waals surface area contributed by atoms with Crippen LogP contribution in [0, 0.1) is 6.92 Å². The van der Waals surface area contributed by atoms with Crippen LogP contribution in [0.3, 0.4) is 0 Å². The van der Waals surface area contributed by atoms with Crippen molar-refractivity contribution in [3.05, 3.63) is 23.0 Å². The summed E-state index contributed by atoms with van der Waals surface area (Å²) < 4.78 is 2.19. The molecule has 0 unspecified atom stereocenters. The summed E-state index contributed by atoms with van der Waals surface area (Å²) in [5.74, 6) is 0. The topological polar surface area (TPSA) is 29.3 Å². The van der Waals surface area contributed by atoms with Crippen LogP contribution in [0.25, 0.3) is 4.96 Å². The minimum atomic E-state index is 0.196. The number of aromatic nitrogens is 2. The van der Waals surface area contributed by atoms with Gasteiger partial charge in [-0.05, 0) is 27.2 Å². The molecule has 0 aliphatic rings. The van der Waals surface area contributed by atoms with Crippen LogP contribution < -0.4 is 5.32 Å². The number of fused-ring (bicyclic) bond motifs is 1. The molecule has 3 nitrogen and oxygen atoms in total. The molecule has 0 aliphatic carbocycles. The number of hydrogen-bond acceptors (Lipinski definition) is 3. The van der Waals surface area contributed by atoms with Gasteiger partial charge in [-0.2, -0.15) is 0 Å². The molecule has 0 radical (unpaired) electrons. The van der Waals surface area contributed by atoms with Crippen LogP contribution in [0.2, 0.25) is 0 Å². The van der Waals surface area contributed by atoms with Crippen LogP contribution in [0.15, 0.2) is 11.6 Å². The molecule has 2 aromatic rings. The van der Waals surface area contributed by atoms with Gasteiger partial charge in [0, 0.05) is 23.7 Å². The van der Waals surface area contributed by atoms with Gasteiger partial charge in [-0.15, -0.1) is 11.3 Å². The first-order valence-electron chi connectivity index (χ1n) is 6.19. The predicted octanol–water partition coefficient (Wildman–Crippen LogP) is 3.37. The molecule has 1 N–H and O–H groups in total. The zero-order valence-electron chi connectivity index (χ0n) is 11.1. The molecule has 4 heteroatoms. The van der Waals surface area contributed by atoms with Crippen molar-refractivity contribution < 1.29 is 0 Å². The Hall–Kier alpha value is -0.870. The number of nitrogens with one attached hydrogen (secondary N) is 1. The van der Waals surface area contributed by atoms with Crippen molar-refractivity contribution in [2.24, 2.45) is 0 Å². The third-order valence-corrected chi connectivity index (χ3v) is 3.93. The molecule has 17 heavy (non-hydrogen) atoms. The van der Waals surface area contributed by atoms with E-state index < -0.39 is 0 Å². The summed E-state index contributed by atoms with van der Waals surface area (Å²) in [5, 5.41) is 5.71. The predicted molar refractivity (Wildman–Crippen MR) is 73.6 cm³/mol. The van der Waals surface area contributed by atoms with Crippen LogP contribution in [-0.4, -0.2) is 14.9 Å². The van der Waals surface area contributed by atoms with Gasteiger partial charge in [-0.3, -0.25) is 4.40 Å². The monoisotopic (exact) mass is 251 g/mol. The van der Waals surface area contributed by atoms with Crippen molar-refractivity contribution in [1.29, 1.82) is 0 Å². The van der Waals surface area contributed by atoms with E-state index in [-0.39, 0.29) is 5.54 Å². The van der Waals surface area contributed by atoms with E-state index in [9.17, 15) is 0 Å². The van der Waals surface area contributed by atoms with Gasteiger partial charge in [0.2, 0.25) is 0 Å². The first-order valence-corrected chi connectivity index (χ1v) is 7.07. The smallest absolute Gasteiger partial charge is 0.194 e. The molecular formula is C13H21N3S. The molecule has 0 aliphatic heterocycles. The Bertz CT molecular complexity index is 496. The second-order valence-electron chi connectivity index (χ2n) is 5.19. The molecule has 0 fully saturated rings. The van der Waals surface area contributed by atoms with Crippen LogP contribution in [0.5, 0.6) is 0 Å². The average Bonchev–Trinajstić information content (AvgIpc) is 2.75. The van der Waals surface area contributed by atoms with E-state index in [0.29, 0.717) is 0 Å². The lowest BCUT2D eigenvalue weighted by Crippen LogP contribution is -2.38. The van der Waals surface area contributed by atoms with Crippen LogP contribution in [-0.2, 0) is 6.54 Å². The van der Waals surface area contributed by atoms with Gasteiger partial charge in [-0.25, -0.2) is 4.98 Å². The second-order valence-corrected chi connectivity index (χ2v) is 6.06. The largest absolute Gasteiger partial charge is 0.306 e. The second kappa shape index (κ2) is 4.78. The van der Waals surface area contributed by atoms with E-state index in [1.165, 1.54) is 18.5 Å². The Balaban J connectivity index is 2.13. The summed E-state index contributed by atoms with van der Waals surface area (Å²) >= 11 is 1.69. The van der Waals surface area contributed by atoms with Crippen molar-refractivity contribution in [2.75, 3.05) is 0 Å². The quantitative estimate of drug-likeness (QED) is 0.883. The molecule has 94 valence electrons. The molecule has 0 amide bonds. The number of rotatable bonds is 5. The third kappa shape index (κ3) is 2.69. The van der Waals surface area contributed by atoms with E-state index >= 15 is 0 Å². The Labute approximate surface area is 107 Å². The minimum absolute atomic E-state index is 0.196. The van der Waals surface area contributed by atoms with Crippen LogP contribution in [0.1, 0.15) is 45.0 Å². The van der Waals surface area contributed by atoms with E-state index in [0.717, 1.165) is 17.2 Å². The first-order chi connectivity index (χ1) is 8.03. The first kappa shape index (κ1) is 12.6. The number of thiazole rings is 1. The zero-order chi connectivity index (χ0) is 12.5. The van der Waals surface area contributed by atoms with Gasteiger partial charge in [0.25, 0.3) is 0 Å². The molecule has 0 atom stereocenters. The fourth-order valence-electron chi connectivity index (χ4n) is 2.19. The number of hydrogen-bond donors (Lipinski definition) is 1. The lowest BCUT2D eigenvalue weighted by atomic mass is 9.99. The highest BCUT2D eigenvalue weighted by Gasteiger charge is 2.17. The summed E-state index contributed by atoms with van der Waals surface area (Å²) in [7, 11) is 0. The molecule has 0 aromatic carbocycles. The van der Waals surface area contributed by atoms with Gasteiger partial charge in [0.1, 0.15) is 0 Å². The Kier molecular flexibility index (Phi) is 3.54. The minimum Gasteiger partial charge on any atom is -0.306 e. The van der Waals surface area contributed by atoms with Gasteiger partial charge in [-0.1, -0.05) is 13.3 Å². The summed E-state index contributed by atoms with van der Waals surface area (Å²) in [5.41, 5.74) is 2.61. The van der Waals surface area contributed by atoms with Crippen molar-refractivity contribution in [2.45, 2.75) is 52.6 Å². The SMILES string of the molecule is CCCC(C)(C)NCc1c(C)nc2sccn12. The molecule has 2 rings (SSSR count). The van der Waals surface area contributed by atoms with E-state index in [4.69, 9.17) is 0 Å². The normalized spacial score (nSPS) is 12.5. The lowest BCUT2D eigenvalue weighted by molar-refractivity contribution is 0.354. The summed E-state index contributed by atoms with van der Waals surface area (Å²) in [4.78, 5) is 5.65. The van der Waals surface area contributed by atoms with Gasteiger partial charge >= 0.3 is 0 Å². The third-order valence-electron chi connectivity index (χ3n) is 3.17. The van der Waals surface area contributed by atoms with Gasteiger partial charge < -0.3 is 5.32 Å². The van der Waals surface area contributed by atoms with Crippen molar-refractivity contribution >= 4 is 16.3 Å². The molecule has 0 saturated heterocycles. The molecule has 2 heterocycles. The highest BCUT2D eigenvalue weighted by Crippen LogP contribution is 2.18. The fraction of sp³-hybridized carbons (Fsp3) is 0.615. The maximum absolute atomic E-state index is 4.56. The van der Waals surface area contributed by atoms with Gasteiger partial charge in [0.05, 0.1) is 11.4 Å². The highest BCUT2D eigenvalue weighted by atomic mass is 32.1. The Morgan fingerprint density at radius 3 is 2.94 bits per heavy atom. The van der Waals surface area contributed by atoms with Crippen molar-refractivity contribution in [3.8, 4) is 0 Å². The summed E-state index contributed by atoms with van der Waals surface area (Å²) in [6, 6.07) is 0. The van der Waals surface area contributed by atoms with Gasteiger partial charge in [0.15, 0.2) is 4.96 Å². The summed E-state index contributed by atoms with van der Waals surface area (Å²) in [6.07, 6.45) is 4.50. The average molecular weight is 251 g/mol. The van der Waals surface area contributed by atoms with Crippen LogP contribution >= 0.6 is 11.3 Å². The zero-order valence-corrected chi connectivity index (χ0v) is 11.9. The fourth-order valence-corrected chi connectivity index (χ4v) is 2.97. The van der Waals surface area contributed by atoms with E-state index in [1.54, 1.807) is 11.3 Å². The Morgan fingerprint density at radius 1 is 1.47 bits per heavy atom. The number of nitrogens with zero attached hydrogens (tertiary/aromatic N) is 2. The number of aryl methyl sites for hydroxylation is 1. The standard InChI is InChI=1S/C13H21N3S/c1-5-6-13(3,4)14-9-11-10(2)15-12-16(11)7-8-17-12/h7-8,14H,5-6,9H2,1-4H3. The van der Waals surface area contributed by atoms with Crippen molar-refractivity contribution in [3.63, 3.8) is 0 Å². The molecular weight excluding hydrogens is 230 g/mol. The highest BCUT2D eigenvalue weighted by molar-refractivity contribution is 7.15. The number of imidazole rings is 1. The Morgan fingerprint density at radius 2 is 2.24 bits per heavy atom. The van der Waals surface area contributed by atoms with Crippen molar-refractivity contribution in [1.82, 2.24) is 14.7 Å². The lowest BCUT2D eigenvalue weighted by Gasteiger charge is -2.25. The molecule has 2 aromatic heterocycles. The van der Waals surface area contributed by atoms with E-state index in [1.807, 2.05) is 0 Å². The van der Waals surface area contributed by atoms with Crippen LogP contribution in [0.4, 0.5) is 0 Å². The maximum Gasteiger partial charge on any atom is 0.194 e.